The molecule has 9 heteroatoms. The number of hydrogen-bond acceptors (Lipinski definition) is 7. The van der Waals surface area contributed by atoms with Crippen LogP contribution in [0.1, 0.15) is 25.2 Å². The van der Waals surface area contributed by atoms with Crippen LogP contribution in [-0.4, -0.2) is 47.4 Å². The topological polar surface area (TPSA) is 90.7 Å². The Labute approximate surface area is 150 Å². The van der Waals surface area contributed by atoms with E-state index in [2.05, 4.69) is 15.3 Å². The Morgan fingerprint density at radius 1 is 1.40 bits per heavy atom. The number of benzene rings is 1. The Kier molecular flexibility index (Phi) is 6.70. The lowest BCUT2D eigenvalue weighted by Gasteiger charge is -2.10. The predicted molar refractivity (Wildman–Crippen MR) is 94.9 cm³/mol. The molecule has 1 aromatic heterocycles. The zero-order valence-electron chi connectivity index (χ0n) is 14.3. The van der Waals surface area contributed by atoms with E-state index in [0.717, 1.165) is 11.4 Å². The van der Waals surface area contributed by atoms with E-state index in [9.17, 15) is 4.79 Å². The van der Waals surface area contributed by atoms with Crippen LogP contribution in [0.5, 0.6) is 11.5 Å². The number of rotatable bonds is 8. The van der Waals surface area contributed by atoms with E-state index in [1.165, 1.54) is 7.11 Å². The van der Waals surface area contributed by atoms with Crippen LogP contribution in [0.2, 0.25) is 0 Å². The highest BCUT2D eigenvalue weighted by molar-refractivity contribution is 7.71. The van der Waals surface area contributed by atoms with Gasteiger partial charge in [0.15, 0.2) is 23.9 Å². The van der Waals surface area contributed by atoms with Gasteiger partial charge < -0.3 is 14.2 Å². The number of carbonyl (C=O) groups is 1. The lowest BCUT2D eigenvalue weighted by molar-refractivity contribution is -0.145. The minimum absolute atomic E-state index is 0.179. The Bertz CT molecular complexity index is 813. The van der Waals surface area contributed by atoms with Gasteiger partial charge in [-0.2, -0.15) is 14.9 Å². The van der Waals surface area contributed by atoms with Gasteiger partial charge in [-0.15, -0.1) is 0 Å². The molecule has 0 saturated carbocycles. The first kappa shape index (κ1) is 18.7. The minimum atomic E-state index is -0.434. The smallest absolute Gasteiger partial charge is 0.344 e. The zero-order chi connectivity index (χ0) is 18.2. The van der Waals surface area contributed by atoms with Crippen molar-refractivity contribution in [2.45, 2.75) is 20.3 Å². The maximum atomic E-state index is 11.4. The zero-order valence-corrected chi connectivity index (χ0v) is 15.1. The lowest BCUT2D eigenvalue weighted by Crippen LogP contribution is -2.14. The summed E-state index contributed by atoms with van der Waals surface area (Å²) in [6, 6.07) is 5.25. The van der Waals surface area contributed by atoms with Crippen molar-refractivity contribution in [3.8, 4) is 11.5 Å². The Morgan fingerprint density at radius 2 is 2.20 bits per heavy atom. The van der Waals surface area contributed by atoms with Gasteiger partial charge in [0.05, 0.1) is 19.9 Å². The van der Waals surface area contributed by atoms with Crippen LogP contribution in [0.4, 0.5) is 0 Å². The quantitative estimate of drug-likeness (QED) is 0.439. The summed E-state index contributed by atoms with van der Waals surface area (Å²) >= 11 is 5.15. The van der Waals surface area contributed by atoms with Crippen LogP contribution >= 0.6 is 12.2 Å². The average molecular weight is 364 g/mol. The molecule has 0 bridgehead atoms. The van der Waals surface area contributed by atoms with Crippen LogP contribution in [0.15, 0.2) is 23.3 Å². The van der Waals surface area contributed by atoms with Crippen molar-refractivity contribution in [2.75, 3.05) is 20.3 Å². The summed E-state index contributed by atoms with van der Waals surface area (Å²) in [4.78, 5) is 11.4. The van der Waals surface area contributed by atoms with Crippen LogP contribution in [-0.2, 0) is 16.0 Å². The van der Waals surface area contributed by atoms with Crippen molar-refractivity contribution in [3.05, 3.63) is 34.4 Å². The van der Waals surface area contributed by atoms with E-state index in [1.807, 2.05) is 6.92 Å². The fraction of sp³-hybridized carbons (Fsp3) is 0.375. The first-order chi connectivity index (χ1) is 12.1. The molecule has 0 atom stereocenters. The van der Waals surface area contributed by atoms with Gasteiger partial charge in [0.2, 0.25) is 4.77 Å². The highest BCUT2D eigenvalue weighted by Gasteiger charge is 2.09. The van der Waals surface area contributed by atoms with Crippen molar-refractivity contribution in [2.24, 2.45) is 5.10 Å². The van der Waals surface area contributed by atoms with E-state index in [-0.39, 0.29) is 6.61 Å². The predicted octanol–water partition coefficient (Wildman–Crippen LogP) is 2.34. The van der Waals surface area contributed by atoms with E-state index < -0.39 is 5.97 Å². The second kappa shape index (κ2) is 8.97. The fourth-order valence-corrected chi connectivity index (χ4v) is 2.22. The third kappa shape index (κ3) is 4.90. The number of carbonyl (C=O) groups excluding carboxylic acids is 1. The van der Waals surface area contributed by atoms with E-state index in [0.29, 0.717) is 29.3 Å². The second-order valence-electron chi connectivity index (χ2n) is 4.86. The van der Waals surface area contributed by atoms with Gasteiger partial charge in [-0.1, -0.05) is 6.92 Å². The summed E-state index contributed by atoms with van der Waals surface area (Å²) in [7, 11) is 1.52. The summed E-state index contributed by atoms with van der Waals surface area (Å²) in [5.41, 5.74) is 0.783. The third-order valence-electron chi connectivity index (χ3n) is 3.19. The molecule has 0 aliphatic carbocycles. The molecule has 0 aliphatic heterocycles. The number of methoxy groups -OCH3 is 1. The van der Waals surface area contributed by atoms with Gasteiger partial charge >= 0.3 is 5.97 Å². The van der Waals surface area contributed by atoms with Gasteiger partial charge in [-0.05, 0) is 42.9 Å². The van der Waals surface area contributed by atoms with Crippen LogP contribution in [0.3, 0.4) is 0 Å². The van der Waals surface area contributed by atoms with E-state index in [4.69, 9.17) is 26.4 Å². The number of ether oxygens (including phenoxy) is 3. The molecular weight excluding hydrogens is 344 g/mol. The molecule has 2 aromatic rings. The standard InChI is InChI=1S/C16H20N4O4S/c1-4-14-18-19-16(25)20(14)17-9-11-6-7-12(13(8-11)22-3)24-10-15(21)23-5-2/h6-9H,4-5,10H2,1-3H3,(H,19,25)/b17-9-. The highest BCUT2D eigenvalue weighted by Crippen LogP contribution is 2.27. The minimum Gasteiger partial charge on any atom is -0.493 e. The van der Waals surface area contributed by atoms with Crippen molar-refractivity contribution in [1.82, 2.24) is 14.9 Å². The number of esters is 1. The normalized spacial score (nSPS) is 10.8. The Hall–Kier alpha value is -2.68. The van der Waals surface area contributed by atoms with Crippen molar-refractivity contribution in [3.63, 3.8) is 0 Å². The molecule has 1 aromatic carbocycles. The van der Waals surface area contributed by atoms with Gasteiger partial charge in [0.25, 0.3) is 0 Å². The van der Waals surface area contributed by atoms with Gasteiger partial charge in [-0.3, -0.25) is 5.10 Å². The Balaban J connectivity index is 2.15. The largest absolute Gasteiger partial charge is 0.493 e. The summed E-state index contributed by atoms with van der Waals surface area (Å²) < 4.78 is 17.5. The van der Waals surface area contributed by atoms with Crippen LogP contribution in [0.25, 0.3) is 0 Å². The third-order valence-corrected chi connectivity index (χ3v) is 3.46. The number of aromatic nitrogens is 3. The molecule has 1 heterocycles. The molecule has 134 valence electrons. The summed E-state index contributed by atoms with van der Waals surface area (Å²) in [6.07, 6.45) is 2.34. The SMILES string of the molecule is CCOC(=O)COc1ccc(/C=N\n2c(CC)n[nH]c2=S)cc1OC. The van der Waals surface area contributed by atoms with Crippen molar-refractivity contribution < 1.29 is 19.0 Å². The number of H-pyrrole nitrogens is 1. The molecule has 0 saturated heterocycles. The number of aryl methyl sites for hydroxylation is 1. The molecule has 0 spiro atoms. The fourth-order valence-electron chi connectivity index (χ4n) is 2.02. The maximum Gasteiger partial charge on any atom is 0.344 e. The number of hydrogen-bond donors (Lipinski definition) is 1. The highest BCUT2D eigenvalue weighted by atomic mass is 32.1. The summed E-state index contributed by atoms with van der Waals surface area (Å²) in [5, 5.41) is 11.1. The summed E-state index contributed by atoms with van der Waals surface area (Å²) in [5.74, 6) is 1.24. The van der Waals surface area contributed by atoms with Crippen molar-refractivity contribution in [1.29, 1.82) is 0 Å². The average Bonchev–Trinajstić information content (AvgIpc) is 2.98. The summed E-state index contributed by atoms with van der Waals surface area (Å²) in [6.45, 7) is 3.84. The lowest BCUT2D eigenvalue weighted by atomic mass is 10.2. The molecule has 0 radical (unpaired) electrons. The van der Waals surface area contributed by atoms with E-state index in [1.54, 1.807) is 36.0 Å². The Morgan fingerprint density at radius 3 is 2.88 bits per heavy atom. The van der Waals surface area contributed by atoms with Gasteiger partial charge in [-0.25, -0.2) is 4.79 Å². The van der Waals surface area contributed by atoms with Crippen LogP contribution in [0, 0.1) is 4.77 Å². The molecule has 2 rings (SSSR count). The molecule has 8 nitrogen and oxygen atoms in total. The first-order valence-corrected chi connectivity index (χ1v) is 8.17. The molecule has 0 amide bonds. The van der Waals surface area contributed by atoms with Crippen LogP contribution < -0.4 is 9.47 Å². The van der Waals surface area contributed by atoms with E-state index >= 15 is 0 Å². The molecule has 0 aliphatic rings. The maximum absolute atomic E-state index is 11.4. The van der Waals surface area contributed by atoms with Gasteiger partial charge in [0, 0.05) is 6.42 Å². The second-order valence-corrected chi connectivity index (χ2v) is 5.25. The number of aromatic amines is 1. The molecule has 25 heavy (non-hydrogen) atoms. The molecule has 0 fully saturated rings. The molecular formula is C16H20N4O4S. The van der Waals surface area contributed by atoms with Crippen molar-refractivity contribution >= 4 is 24.4 Å². The molecule has 1 N–H and O–H groups in total. The first-order valence-electron chi connectivity index (χ1n) is 7.76. The molecule has 0 unspecified atom stereocenters. The monoisotopic (exact) mass is 364 g/mol. The van der Waals surface area contributed by atoms with Gasteiger partial charge in [0.1, 0.15) is 0 Å². The number of nitrogens with one attached hydrogen (secondary N) is 1. The number of nitrogens with zero attached hydrogens (tertiary/aromatic N) is 3.